The third kappa shape index (κ3) is 14.8. The molecule has 0 aliphatic carbocycles. The van der Waals surface area contributed by atoms with Crippen molar-refractivity contribution in [2.75, 3.05) is 0 Å². The molecular weight excluding hydrogens is 315 g/mol. The number of hydrogen-bond donors (Lipinski definition) is 1. The van der Waals surface area contributed by atoms with Gasteiger partial charge in [0.2, 0.25) is 0 Å². The van der Waals surface area contributed by atoms with Crippen molar-refractivity contribution in [3.63, 3.8) is 0 Å². The van der Waals surface area contributed by atoms with E-state index in [0.29, 0.717) is 6.42 Å². The maximum Gasteiger partial charge on any atom is 1.00 e. The van der Waals surface area contributed by atoms with Crippen molar-refractivity contribution in [2.24, 2.45) is 0 Å². The summed E-state index contributed by atoms with van der Waals surface area (Å²) >= 11 is 0. The summed E-state index contributed by atoms with van der Waals surface area (Å²) in [6.07, 6.45) is 10.9. The van der Waals surface area contributed by atoms with Crippen LogP contribution in [0, 0.1) is 0 Å². The van der Waals surface area contributed by atoms with E-state index in [2.05, 4.69) is 6.92 Å². The minimum Gasteiger partial charge on any atom is -0.748 e. The minimum absolute atomic E-state index is 0. The van der Waals surface area contributed by atoms with E-state index in [1.807, 2.05) is 0 Å². The number of unbranched alkanes of at least 4 members (excludes halogenated alkanes) is 9. The van der Waals surface area contributed by atoms with Gasteiger partial charge in [-0.15, -0.1) is 0 Å². The van der Waals surface area contributed by atoms with Gasteiger partial charge in [0.05, 0.1) is 11.4 Å². The first-order chi connectivity index (χ1) is 9.39. The van der Waals surface area contributed by atoms with Gasteiger partial charge in [-0.05, 0) is 13.3 Å². The molecule has 0 saturated carbocycles. The van der Waals surface area contributed by atoms with Gasteiger partial charge >= 0.3 is 51.4 Å². The summed E-state index contributed by atoms with van der Waals surface area (Å²) in [6.45, 7) is 3.58. The Bertz CT molecular complexity index is 318. The van der Waals surface area contributed by atoms with Crippen molar-refractivity contribution in [2.45, 2.75) is 95.8 Å². The molecule has 2 atom stereocenters. The van der Waals surface area contributed by atoms with Gasteiger partial charge in [-0.2, -0.15) is 0 Å². The average Bonchev–Trinajstić information content (AvgIpc) is 2.34. The molecule has 122 valence electrons. The summed E-state index contributed by atoms with van der Waals surface area (Å²) in [4.78, 5) is 0. The van der Waals surface area contributed by atoms with Gasteiger partial charge in [0.15, 0.2) is 0 Å². The van der Waals surface area contributed by atoms with Gasteiger partial charge in [0.1, 0.15) is 10.1 Å². The first-order valence-electron chi connectivity index (χ1n) is 8.02. The number of rotatable bonds is 13. The number of aliphatic hydroxyl groups excluding tert-OH is 1. The van der Waals surface area contributed by atoms with Gasteiger partial charge in [0, 0.05) is 0 Å². The van der Waals surface area contributed by atoms with E-state index in [1.165, 1.54) is 51.9 Å². The second kappa shape index (κ2) is 15.1. The average molecular weight is 347 g/mol. The largest absolute Gasteiger partial charge is 1.00 e. The first kappa shape index (κ1) is 24.8. The SMILES string of the molecule is CCCCCCCCCCCCC(C(C)O)S(=O)(=O)[O-].[K+]. The molecule has 4 nitrogen and oxygen atoms in total. The second-order valence-corrected chi connectivity index (χ2v) is 7.33. The van der Waals surface area contributed by atoms with Gasteiger partial charge < -0.3 is 9.66 Å². The summed E-state index contributed by atoms with van der Waals surface area (Å²) < 4.78 is 32.8. The summed E-state index contributed by atoms with van der Waals surface area (Å²) in [7, 11) is -4.37. The van der Waals surface area contributed by atoms with E-state index in [4.69, 9.17) is 0 Å². The third-order valence-electron chi connectivity index (χ3n) is 3.75. The Morgan fingerprint density at radius 1 is 0.905 bits per heavy atom. The quantitative estimate of drug-likeness (QED) is 0.301. The van der Waals surface area contributed by atoms with Gasteiger partial charge in [-0.3, -0.25) is 0 Å². The molecule has 0 aliphatic heterocycles. The Morgan fingerprint density at radius 2 is 1.29 bits per heavy atom. The van der Waals surface area contributed by atoms with Crippen molar-refractivity contribution < 1.29 is 69.5 Å². The molecule has 2 unspecified atom stereocenters. The molecule has 0 fully saturated rings. The Labute approximate surface area is 173 Å². The Morgan fingerprint density at radius 3 is 1.62 bits per heavy atom. The maximum absolute atomic E-state index is 10.9. The molecule has 0 aromatic carbocycles. The predicted molar refractivity (Wildman–Crippen MR) is 81.6 cm³/mol. The van der Waals surface area contributed by atoms with Crippen LogP contribution in [-0.4, -0.2) is 29.4 Å². The van der Waals surface area contributed by atoms with Crippen LogP contribution in [0.5, 0.6) is 0 Å². The molecule has 0 saturated heterocycles. The van der Waals surface area contributed by atoms with Crippen LogP contribution in [0.15, 0.2) is 0 Å². The first-order valence-corrected chi connectivity index (χ1v) is 9.49. The summed E-state index contributed by atoms with van der Waals surface area (Å²) in [5.74, 6) is 0. The molecule has 0 aromatic heterocycles. The van der Waals surface area contributed by atoms with Crippen LogP contribution in [-0.2, 0) is 10.1 Å². The standard InChI is InChI=1S/C15H32O4S.K/c1-3-4-5-6-7-8-9-10-11-12-13-15(14(2)16)20(17,18)19;/h14-16H,3-13H2,1-2H3,(H,17,18,19);/q;+1/p-1. The zero-order valence-corrected chi connectivity index (χ0v) is 18.0. The van der Waals surface area contributed by atoms with Crippen LogP contribution in [0.3, 0.4) is 0 Å². The molecule has 0 aromatic rings. The molecule has 0 amide bonds. The van der Waals surface area contributed by atoms with Gasteiger partial charge in [-0.25, -0.2) is 8.42 Å². The maximum atomic E-state index is 10.9. The van der Waals surface area contributed by atoms with Crippen molar-refractivity contribution in [3.05, 3.63) is 0 Å². The molecule has 1 N–H and O–H groups in total. The van der Waals surface area contributed by atoms with Crippen LogP contribution >= 0.6 is 0 Å². The van der Waals surface area contributed by atoms with E-state index in [-0.39, 0.29) is 57.8 Å². The van der Waals surface area contributed by atoms with Crippen molar-refractivity contribution in [1.29, 1.82) is 0 Å². The molecule has 0 heterocycles. The predicted octanol–water partition coefficient (Wildman–Crippen LogP) is 0.596. The van der Waals surface area contributed by atoms with Crippen molar-refractivity contribution in [3.8, 4) is 0 Å². The number of hydrogen-bond acceptors (Lipinski definition) is 4. The molecule has 6 heteroatoms. The van der Waals surface area contributed by atoms with Crippen LogP contribution in [0.1, 0.15) is 84.5 Å². The molecule has 0 spiro atoms. The molecule has 0 radical (unpaired) electrons. The number of aliphatic hydroxyl groups is 1. The topological polar surface area (TPSA) is 77.4 Å². The fraction of sp³-hybridized carbons (Fsp3) is 1.00. The molecule has 0 aliphatic rings. The summed E-state index contributed by atoms with van der Waals surface area (Å²) in [6, 6.07) is 0. The van der Waals surface area contributed by atoms with Crippen LogP contribution in [0.25, 0.3) is 0 Å². The third-order valence-corrected chi connectivity index (χ3v) is 5.12. The van der Waals surface area contributed by atoms with Gasteiger partial charge in [0.25, 0.3) is 0 Å². The minimum atomic E-state index is -4.37. The Balaban J connectivity index is 0. The van der Waals surface area contributed by atoms with E-state index in [0.717, 1.165) is 12.8 Å². The van der Waals surface area contributed by atoms with E-state index in [9.17, 15) is 18.1 Å². The Hall–Kier alpha value is 1.51. The van der Waals surface area contributed by atoms with Crippen LogP contribution in [0.4, 0.5) is 0 Å². The molecule has 0 bridgehead atoms. The monoisotopic (exact) mass is 346 g/mol. The zero-order chi connectivity index (χ0) is 15.4. The second-order valence-electron chi connectivity index (χ2n) is 5.74. The zero-order valence-electron chi connectivity index (χ0n) is 14.0. The molecule has 21 heavy (non-hydrogen) atoms. The fourth-order valence-electron chi connectivity index (χ4n) is 2.46. The van der Waals surface area contributed by atoms with Crippen LogP contribution in [0.2, 0.25) is 0 Å². The van der Waals surface area contributed by atoms with E-state index in [1.54, 1.807) is 0 Å². The van der Waals surface area contributed by atoms with Crippen molar-refractivity contribution in [1.82, 2.24) is 0 Å². The normalized spacial score (nSPS) is 14.5. The smallest absolute Gasteiger partial charge is 0.748 e. The van der Waals surface area contributed by atoms with E-state index < -0.39 is 21.5 Å². The van der Waals surface area contributed by atoms with Crippen LogP contribution < -0.4 is 51.4 Å². The summed E-state index contributed by atoms with van der Waals surface area (Å²) in [5, 5.41) is 8.17. The van der Waals surface area contributed by atoms with Crippen molar-refractivity contribution >= 4 is 10.1 Å². The van der Waals surface area contributed by atoms with Gasteiger partial charge in [-0.1, -0.05) is 71.1 Å². The van der Waals surface area contributed by atoms with E-state index >= 15 is 0 Å². The Kier molecular flexibility index (Phi) is 17.8. The fourth-order valence-corrected chi connectivity index (χ4v) is 3.40. The summed E-state index contributed by atoms with van der Waals surface area (Å²) in [5.41, 5.74) is 0. The molecule has 0 rings (SSSR count). The molecular formula is C15H31KO4S.